The lowest BCUT2D eigenvalue weighted by Gasteiger charge is -2.28. The summed E-state index contributed by atoms with van der Waals surface area (Å²) in [6.07, 6.45) is 13.6. The van der Waals surface area contributed by atoms with E-state index in [1.807, 2.05) is 63.2 Å². The second-order valence-corrected chi connectivity index (χ2v) is 25.1. The Morgan fingerprint density at radius 3 is 1.03 bits per heavy atom. The number of hydrogen-bond acceptors (Lipinski definition) is 23. The lowest BCUT2D eigenvalue weighted by atomic mass is 9.91. The van der Waals surface area contributed by atoms with Gasteiger partial charge >= 0.3 is 0 Å². The second-order valence-electron chi connectivity index (χ2n) is 25.1. The molecule has 3 aliphatic rings. The van der Waals surface area contributed by atoms with E-state index in [2.05, 4.69) is 68.5 Å². The van der Waals surface area contributed by atoms with Crippen LogP contribution in [0.4, 0.5) is 0 Å². The van der Waals surface area contributed by atoms with Crippen molar-refractivity contribution < 1.29 is 71.5 Å². The Labute approximate surface area is 562 Å². The minimum Gasteiger partial charge on any atom is -0.507 e. The number of ether oxygens (including phenoxy) is 6. The predicted octanol–water partition coefficient (Wildman–Crippen LogP) is 12.9. The number of piperidine rings is 3. The first-order chi connectivity index (χ1) is 46.6. The quantitative estimate of drug-likeness (QED) is 0.0621. The number of phenols is 1. The van der Waals surface area contributed by atoms with Crippen LogP contribution in [0, 0.1) is 38.5 Å². The van der Waals surface area contributed by atoms with Crippen molar-refractivity contribution in [2.45, 2.75) is 131 Å². The molecule has 23 heteroatoms. The Balaban J connectivity index is 0.000000151. The molecule has 23 nitrogen and oxygen atoms in total. The average Bonchev–Trinajstić information content (AvgIpc) is 1.66. The molecule has 13 rings (SSSR count). The first kappa shape index (κ1) is 73.9. The van der Waals surface area contributed by atoms with Crippen LogP contribution in [0.1, 0.15) is 121 Å². The maximum absolute atomic E-state index is 9.54. The fraction of sp³-hybridized carbons (Fsp3) is 0.521. The highest BCUT2D eigenvalue weighted by atomic mass is 16.5. The molecule has 522 valence electrons. The van der Waals surface area contributed by atoms with Crippen LogP contribution in [0.3, 0.4) is 0 Å². The summed E-state index contributed by atoms with van der Waals surface area (Å²) >= 11 is 0. The van der Waals surface area contributed by atoms with Gasteiger partial charge in [0.05, 0.1) is 118 Å². The van der Waals surface area contributed by atoms with E-state index in [9.17, 15) is 15.3 Å². The molecular weight excluding hydrogens is 1230 g/mol. The highest BCUT2D eigenvalue weighted by Gasteiger charge is 2.24. The Morgan fingerprint density at radius 2 is 0.688 bits per heavy atom. The third-order valence-electron chi connectivity index (χ3n) is 18.8. The monoisotopic (exact) mass is 1330 g/mol. The van der Waals surface area contributed by atoms with Gasteiger partial charge in [0.25, 0.3) is 0 Å². The van der Waals surface area contributed by atoms with Crippen molar-refractivity contribution in [3.05, 3.63) is 117 Å². The van der Waals surface area contributed by atoms with Gasteiger partial charge in [-0.05, 0) is 224 Å². The maximum atomic E-state index is 9.54. The van der Waals surface area contributed by atoms with Crippen molar-refractivity contribution in [1.29, 1.82) is 0 Å². The van der Waals surface area contributed by atoms with Gasteiger partial charge in [0.1, 0.15) is 28.7 Å². The number of aromatic nitrogens is 5. The third-order valence-corrected chi connectivity index (χ3v) is 18.8. The van der Waals surface area contributed by atoms with Crippen LogP contribution in [-0.2, 0) is 55.3 Å². The molecule has 4 N–H and O–H groups in total. The topological polar surface area (TPSA) is 276 Å². The summed E-state index contributed by atoms with van der Waals surface area (Å²) in [5.74, 6) is 5.46. The summed E-state index contributed by atoms with van der Waals surface area (Å²) in [5, 5.41) is 62.0. The average molecular weight is 1330 g/mol. The Hall–Kier alpha value is -7.87. The Kier molecular flexibility index (Phi) is 28.1. The number of methoxy groups -OCH3 is 6. The summed E-state index contributed by atoms with van der Waals surface area (Å²) in [6, 6.07) is 18.7. The molecule has 5 aromatic carbocycles. The smallest absolute Gasteiger partial charge is 0.176 e. The summed E-state index contributed by atoms with van der Waals surface area (Å²) < 4.78 is 57.9. The normalized spacial score (nSPS) is 15.1. The molecule has 0 spiro atoms. The molecule has 3 aliphatic heterocycles. The lowest BCUT2D eigenvalue weighted by molar-refractivity contribution is 0.181. The van der Waals surface area contributed by atoms with Crippen molar-refractivity contribution in [2.24, 2.45) is 17.8 Å². The summed E-state index contributed by atoms with van der Waals surface area (Å²) in [5.41, 5.74) is 11.3. The van der Waals surface area contributed by atoms with Crippen molar-refractivity contribution in [3.63, 3.8) is 0 Å². The molecule has 0 aliphatic carbocycles. The van der Waals surface area contributed by atoms with Crippen LogP contribution in [0.2, 0.25) is 0 Å². The van der Waals surface area contributed by atoms with Gasteiger partial charge < -0.3 is 86.2 Å². The zero-order chi connectivity index (χ0) is 68.8. The molecule has 3 fully saturated rings. The van der Waals surface area contributed by atoms with Gasteiger partial charge in [0, 0.05) is 41.2 Å². The number of likely N-dealkylation sites (tertiary alicyclic amines) is 3. The van der Waals surface area contributed by atoms with E-state index in [4.69, 9.17) is 56.1 Å². The SMILES string of the molecule is CCC1CCN(C)CC1.COCc1c(OC)ccc2c(C)noc12.COCc1c(OC)ccc2c(CCC3CCN(C)CC3)noc12.COc1ccc2c(C)noc2c1CO.COc1ccc2c(CCC3CCN(C)CC3)noc2c1CO.Cc1noc2c(CO)c(O)ccc12. The molecule has 8 heterocycles. The van der Waals surface area contributed by atoms with Crippen molar-refractivity contribution in [3.8, 4) is 28.7 Å². The largest absolute Gasteiger partial charge is 0.507 e. The minimum absolute atomic E-state index is 0.0335. The summed E-state index contributed by atoms with van der Waals surface area (Å²) in [7, 11) is 16.4. The van der Waals surface area contributed by atoms with Gasteiger partial charge in [-0.2, -0.15) is 0 Å². The first-order valence-corrected chi connectivity index (χ1v) is 33.2. The molecule has 0 bridgehead atoms. The highest BCUT2D eigenvalue weighted by Crippen LogP contribution is 2.36. The minimum atomic E-state index is -0.252. The molecule has 0 radical (unpaired) electrons. The van der Waals surface area contributed by atoms with Crippen molar-refractivity contribution in [1.82, 2.24) is 40.5 Å². The van der Waals surface area contributed by atoms with Crippen LogP contribution in [0.15, 0.2) is 83.3 Å². The lowest BCUT2D eigenvalue weighted by Crippen LogP contribution is -2.30. The predicted molar refractivity (Wildman–Crippen MR) is 369 cm³/mol. The molecular formula is C73H100N8O15. The zero-order valence-corrected chi connectivity index (χ0v) is 58.4. The van der Waals surface area contributed by atoms with E-state index < -0.39 is 0 Å². The van der Waals surface area contributed by atoms with Gasteiger partial charge in [-0.15, -0.1) is 0 Å². The number of fused-ring (bicyclic) bond motifs is 5. The van der Waals surface area contributed by atoms with Crippen LogP contribution in [-0.4, -0.2) is 164 Å². The molecule has 96 heavy (non-hydrogen) atoms. The van der Waals surface area contributed by atoms with Crippen LogP contribution < -0.4 is 18.9 Å². The number of nitrogens with zero attached hydrogens (tertiary/aromatic N) is 8. The fourth-order valence-electron chi connectivity index (χ4n) is 12.7. The standard InChI is InChI=1S/C18H26N2O3.C17H24N2O3.C11H13NO3.C10H11NO3.C9H9NO3.C8H17N/c1-20-10-8-13(9-11-20)4-6-16-14-5-7-17(22-3)15(12-21-2)18(14)23-19-16;1-19-9-7-12(8-10-19)3-5-15-13-4-6-16(21-2)14(11-20)17(13)22-18-15;1-7-8-4-5-10(14-3)9(6-13-2)11(8)15-12-7;1-6-7-3-4-9(13-2)8(5-12)10(7)14-11-6;1-5-6-2-3-8(12)7(4-11)9(6)13-10-5;1-3-8-4-6-9(2)7-5-8/h5,7,13H,4,6,8-12H2,1-3H3;4,6,12,20H,3,5,7-11H2,1-2H3;4-5H,6H2,1-3H3;3-4,12H,5H2,1-2H3;2-3,11-12H,4H2,1H3;8H,3-7H2,1-2H3. The van der Waals surface area contributed by atoms with E-state index >= 15 is 0 Å². The fourth-order valence-corrected chi connectivity index (χ4v) is 12.7. The van der Waals surface area contributed by atoms with E-state index in [0.717, 1.165) is 126 Å². The third kappa shape index (κ3) is 18.4. The number of aliphatic hydroxyl groups excluding tert-OH is 3. The zero-order valence-electron chi connectivity index (χ0n) is 58.4. The summed E-state index contributed by atoms with van der Waals surface area (Å²) in [4.78, 5) is 7.22. The number of aliphatic hydroxyl groups is 3. The number of hydrogen-bond donors (Lipinski definition) is 4. The van der Waals surface area contributed by atoms with Gasteiger partial charge in [-0.1, -0.05) is 39.1 Å². The van der Waals surface area contributed by atoms with Gasteiger partial charge in [0.2, 0.25) is 0 Å². The van der Waals surface area contributed by atoms with E-state index in [0.29, 0.717) is 58.2 Å². The molecule has 0 unspecified atom stereocenters. The van der Waals surface area contributed by atoms with Crippen LogP contribution in [0.25, 0.3) is 54.8 Å². The number of aryl methyl sites for hydroxylation is 5. The molecule has 0 amide bonds. The Bertz CT molecular complexity index is 4000. The van der Waals surface area contributed by atoms with E-state index in [1.54, 1.807) is 54.8 Å². The highest BCUT2D eigenvalue weighted by molar-refractivity contribution is 5.87. The Morgan fingerprint density at radius 1 is 0.396 bits per heavy atom. The van der Waals surface area contributed by atoms with Crippen LogP contribution >= 0.6 is 0 Å². The van der Waals surface area contributed by atoms with Crippen LogP contribution in [0.5, 0.6) is 28.7 Å². The summed E-state index contributed by atoms with van der Waals surface area (Å²) in [6.45, 7) is 15.8. The number of aromatic hydroxyl groups is 1. The van der Waals surface area contributed by atoms with E-state index in [1.165, 1.54) is 96.7 Å². The van der Waals surface area contributed by atoms with Crippen molar-refractivity contribution >= 4 is 54.8 Å². The number of benzene rings is 5. The van der Waals surface area contributed by atoms with Crippen molar-refractivity contribution in [2.75, 3.05) is 103 Å². The van der Waals surface area contributed by atoms with Gasteiger partial charge in [0.15, 0.2) is 27.9 Å². The molecule has 0 saturated carbocycles. The molecule has 5 aromatic heterocycles. The molecule has 3 saturated heterocycles. The van der Waals surface area contributed by atoms with E-state index in [-0.39, 0.29) is 25.6 Å². The second kappa shape index (κ2) is 36.5. The maximum Gasteiger partial charge on any atom is 0.176 e. The van der Waals surface area contributed by atoms with Gasteiger partial charge in [-0.25, -0.2) is 0 Å². The number of rotatable bonds is 18. The van der Waals surface area contributed by atoms with Gasteiger partial charge in [-0.3, -0.25) is 0 Å². The molecule has 10 aromatic rings. The first-order valence-electron chi connectivity index (χ1n) is 33.2. The molecule has 0 atom stereocenters.